The van der Waals surface area contributed by atoms with Crippen molar-refractivity contribution in [3.05, 3.63) is 0 Å². The molecule has 4 rings (SSSR count). The average Bonchev–Trinajstić information content (AvgIpc) is 3.05. The van der Waals surface area contributed by atoms with E-state index in [9.17, 15) is 51.1 Å². The fourth-order valence-corrected chi connectivity index (χ4v) is 6.38. The predicted molar refractivity (Wildman–Crippen MR) is 148 cm³/mol. The maximum absolute atomic E-state index is 11.1. The lowest BCUT2D eigenvalue weighted by molar-refractivity contribution is -0.385. The van der Waals surface area contributed by atoms with Crippen LogP contribution in [-0.4, -0.2) is 188 Å². The highest BCUT2D eigenvalue weighted by Crippen LogP contribution is 2.35. The molecule has 18 heteroatoms. The molecule has 0 amide bonds. The Kier molecular flexibility index (Phi) is 13.5. The van der Waals surface area contributed by atoms with Gasteiger partial charge in [-0.1, -0.05) is 20.8 Å². The molecule has 0 aromatic heterocycles. The van der Waals surface area contributed by atoms with Crippen molar-refractivity contribution in [1.82, 2.24) is 0 Å². The summed E-state index contributed by atoms with van der Waals surface area (Å²) in [6.07, 6.45) is -26.6. The number of methoxy groups -OCH3 is 1. The van der Waals surface area contributed by atoms with E-state index in [2.05, 4.69) is 0 Å². The van der Waals surface area contributed by atoms with Crippen LogP contribution >= 0.6 is 0 Å². The number of aliphatic hydroxyl groups is 10. The average molecular weight is 675 g/mol. The number of ether oxygens (including phenoxy) is 8. The summed E-state index contributed by atoms with van der Waals surface area (Å²) in [6.45, 7) is 3.80. The van der Waals surface area contributed by atoms with E-state index >= 15 is 0 Å². The van der Waals surface area contributed by atoms with Gasteiger partial charge in [-0.2, -0.15) is 0 Å². The van der Waals surface area contributed by atoms with Crippen LogP contribution in [0.5, 0.6) is 0 Å². The second kappa shape index (κ2) is 16.3. The van der Waals surface area contributed by atoms with Crippen LogP contribution in [0.15, 0.2) is 0 Å². The van der Waals surface area contributed by atoms with Gasteiger partial charge in [-0.05, 0) is 12.8 Å². The third-order valence-electron chi connectivity index (χ3n) is 9.26. The molecule has 0 bridgehead atoms. The smallest absolute Gasteiger partial charge is 0.187 e. The molecule has 4 aliphatic rings. The summed E-state index contributed by atoms with van der Waals surface area (Å²) in [4.78, 5) is 0. The van der Waals surface area contributed by atoms with E-state index in [1.54, 1.807) is 13.8 Å². The Balaban J connectivity index is 1.43. The van der Waals surface area contributed by atoms with Crippen molar-refractivity contribution in [3.63, 3.8) is 0 Å². The van der Waals surface area contributed by atoms with Gasteiger partial charge in [0.05, 0.1) is 31.5 Å². The second-order valence-electron chi connectivity index (χ2n) is 12.2. The van der Waals surface area contributed by atoms with Crippen LogP contribution in [0.1, 0.15) is 33.6 Å². The summed E-state index contributed by atoms with van der Waals surface area (Å²) in [5, 5.41) is 106. The Morgan fingerprint density at radius 3 is 1.17 bits per heavy atom. The van der Waals surface area contributed by atoms with Gasteiger partial charge in [-0.25, -0.2) is 0 Å². The summed E-state index contributed by atoms with van der Waals surface area (Å²) in [6, 6.07) is 0. The predicted octanol–water partition coefficient (Wildman–Crippen LogP) is -4.98. The van der Waals surface area contributed by atoms with Crippen molar-refractivity contribution in [1.29, 1.82) is 0 Å². The lowest BCUT2D eigenvalue weighted by Crippen LogP contribution is -2.66. The Bertz CT molecular complexity index is 925. The molecule has 4 aliphatic heterocycles. The van der Waals surface area contributed by atoms with E-state index in [-0.39, 0.29) is 6.42 Å². The van der Waals surface area contributed by atoms with Gasteiger partial charge >= 0.3 is 0 Å². The highest BCUT2D eigenvalue weighted by Gasteiger charge is 2.54. The van der Waals surface area contributed by atoms with Crippen LogP contribution in [-0.2, 0) is 37.9 Å². The van der Waals surface area contributed by atoms with Crippen LogP contribution < -0.4 is 0 Å². The van der Waals surface area contributed by atoms with Crippen molar-refractivity contribution in [2.75, 3.05) is 20.3 Å². The number of aliphatic hydroxyl groups excluding tert-OH is 10. The van der Waals surface area contributed by atoms with Gasteiger partial charge in [0.1, 0.15) is 73.2 Å². The molecule has 270 valence electrons. The fourth-order valence-electron chi connectivity index (χ4n) is 6.38. The van der Waals surface area contributed by atoms with Crippen LogP contribution in [0.25, 0.3) is 0 Å². The molecule has 0 radical (unpaired) electrons. The Morgan fingerprint density at radius 2 is 0.783 bits per heavy atom. The van der Waals surface area contributed by atoms with Crippen molar-refractivity contribution in [2.24, 2.45) is 5.92 Å². The number of rotatable bonds is 11. The third-order valence-corrected chi connectivity index (χ3v) is 9.26. The molecule has 0 spiro atoms. The van der Waals surface area contributed by atoms with Gasteiger partial charge < -0.3 is 89.0 Å². The van der Waals surface area contributed by atoms with Crippen molar-refractivity contribution < 1.29 is 89.0 Å². The van der Waals surface area contributed by atoms with E-state index < -0.39 is 136 Å². The molecule has 46 heavy (non-hydrogen) atoms. The van der Waals surface area contributed by atoms with Crippen LogP contribution in [0, 0.1) is 5.92 Å². The van der Waals surface area contributed by atoms with Gasteiger partial charge in [-0.3, -0.25) is 0 Å². The molecule has 0 aromatic rings. The van der Waals surface area contributed by atoms with Gasteiger partial charge in [-0.15, -0.1) is 0 Å². The molecule has 0 aliphatic carbocycles. The highest BCUT2D eigenvalue weighted by molar-refractivity contribution is 4.97. The first-order valence-corrected chi connectivity index (χ1v) is 15.6. The zero-order valence-corrected chi connectivity index (χ0v) is 26.1. The largest absolute Gasteiger partial charge is 0.394 e. The minimum atomic E-state index is -1.83. The van der Waals surface area contributed by atoms with E-state index in [0.29, 0.717) is 6.42 Å². The monoisotopic (exact) mass is 674 g/mol. The Morgan fingerprint density at radius 1 is 0.457 bits per heavy atom. The van der Waals surface area contributed by atoms with Crippen molar-refractivity contribution >= 4 is 0 Å². The topological polar surface area (TPSA) is 276 Å². The lowest BCUT2D eigenvalue weighted by Gasteiger charge is -2.49. The first kappa shape index (κ1) is 38.1. The summed E-state index contributed by atoms with van der Waals surface area (Å²) in [7, 11) is 1.23. The van der Waals surface area contributed by atoms with Crippen molar-refractivity contribution in [3.8, 4) is 0 Å². The van der Waals surface area contributed by atoms with Gasteiger partial charge in [0.15, 0.2) is 25.2 Å². The van der Waals surface area contributed by atoms with Gasteiger partial charge in [0.2, 0.25) is 0 Å². The third kappa shape index (κ3) is 7.54. The van der Waals surface area contributed by atoms with Crippen LogP contribution in [0.3, 0.4) is 0 Å². The molecule has 4 fully saturated rings. The van der Waals surface area contributed by atoms with E-state index in [4.69, 9.17) is 37.9 Å². The zero-order valence-electron chi connectivity index (χ0n) is 26.1. The Labute approximate surface area is 265 Å². The fraction of sp³-hybridized carbons (Fsp3) is 1.00. The SMILES string of the molecule is CCC1OC(OC2C(CO)OC(OC3C(CC)OC(OC4C(CO)OC(OC)C(O)C4O)C(O)C3O)C(O)C2O)C(O)C(O)C1C. The van der Waals surface area contributed by atoms with Crippen LogP contribution in [0.4, 0.5) is 0 Å². The highest BCUT2D eigenvalue weighted by atomic mass is 16.8. The lowest BCUT2D eigenvalue weighted by atomic mass is 9.89. The zero-order chi connectivity index (χ0) is 34.0. The summed E-state index contributed by atoms with van der Waals surface area (Å²) < 4.78 is 45.0. The molecule has 20 unspecified atom stereocenters. The van der Waals surface area contributed by atoms with E-state index in [0.717, 1.165) is 0 Å². The second-order valence-corrected chi connectivity index (χ2v) is 12.2. The molecule has 10 N–H and O–H groups in total. The standard InChI is InChI=1S/C28H50O18/c1-5-10-9(3)14(31)18(35)26(40-10)45-24-13(8-30)43-28(21(38)17(24)34)44-22-11(6-2)41-27(20(37)16(22)33)46-23-12(7-29)42-25(39-4)19(36)15(23)32/h9-38H,5-8H2,1-4H3. The number of hydrogen-bond donors (Lipinski definition) is 10. The summed E-state index contributed by atoms with van der Waals surface area (Å²) >= 11 is 0. The molecule has 0 aromatic carbocycles. The van der Waals surface area contributed by atoms with Crippen LogP contribution in [0.2, 0.25) is 0 Å². The molecular formula is C28H50O18. The first-order chi connectivity index (χ1) is 21.8. The minimum absolute atomic E-state index is 0.159. The van der Waals surface area contributed by atoms with Gasteiger partial charge in [0, 0.05) is 13.0 Å². The molecule has 4 saturated heterocycles. The van der Waals surface area contributed by atoms with E-state index in [1.165, 1.54) is 7.11 Å². The quantitative estimate of drug-likeness (QED) is 0.0982. The first-order valence-electron chi connectivity index (χ1n) is 15.6. The summed E-state index contributed by atoms with van der Waals surface area (Å²) in [5.41, 5.74) is 0. The maximum atomic E-state index is 11.1. The van der Waals surface area contributed by atoms with E-state index in [1.807, 2.05) is 6.92 Å². The normalized spacial score (nSPS) is 52.0. The van der Waals surface area contributed by atoms with Crippen molar-refractivity contribution in [2.45, 2.75) is 150 Å². The molecular weight excluding hydrogens is 624 g/mol. The molecule has 4 heterocycles. The molecule has 0 saturated carbocycles. The van der Waals surface area contributed by atoms with Gasteiger partial charge in [0.25, 0.3) is 0 Å². The number of hydrogen-bond acceptors (Lipinski definition) is 18. The Hall–Kier alpha value is -0.720. The molecule has 20 atom stereocenters. The maximum Gasteiger partial charge on any atom is 0.187 e. The molecule has 18 nitrogen and oxygen atoms in total. The summed E-state index contributed by atoms with van der Waals surface area (Å²) in [5.74, 6) is -0.410. The minimum Gasteiger partial charge on any atom is -0.394 e.